The number of nitrogens with zero attached hydrogens (tertiary/aromatic N) is 2. The van der Waals surface area contributed by atoms with Crippen molar-refractivity contribution in [3.8, 4) is 0 Å². The lowest BCUT2D eigenvalue weighted by Crippen LogP contribution is -2.39. The first-order valence-electron chi connectivity index (χ1n) is 15.5. The fourth-order valence-corrected chi connectivity index (χ4v) is 5.37. The minimum absolute atomic E-state index is 0.641. The molecular weight excluding hydrogens is 400 g/mol. The van der Waals surface area contributed by atoms with Crippen LogP contribution >= 0.6 is 0 Å². The SMILES string of the molecule is CCCCCCCCCCCCCCCCCC1N(CCC)C=CN1CCCCCCCC. The van der Waals surface area contributed by atoms with Crippen LogP contribution in [0.5, 0.6) is 0 Å². The Balaban J connectivity index is 2.00. The van der Waals surface area contributed by atoms with E-state index in [-0.39, 0.29) is 0 Å². The molecule has 2 heteroatoms. The fourth-order valence-electron chi connectivity index (χ4n) is 5.37. The molecule has 0 bridgehead atoms. The summed E-state index contributed by atoms with van der Waals surface area (Å²) in [5.74, 6) is 0. The van der Waals surface area contributed by atoms with E-state index in [1.807, 2.05) is 0 Å². The largest absolute Gasteiger partial charge is 0.356 e. The van der Waals surface area contributed by atoms with Gasteiger partial charge in [0.05, 0.1) is 0 Å². The van der Waals surface area contributed by atoms with Crippen LogP contribution in [0.15, 0.2) is 12.4 Å². The Morgan fingerprint density at radius 2 is 0.758 bits per heavy atom. The maximum Gasteiger partial charge on any atom is 0.101 e. The van der Waals surface area contributed by atoms with Crippen LogP contribution in [0.25, 0.3) is 0 Å². The molecule has 33 heavy (non-hydrogen) atoms. The van der Waals surface area contributed by atoms with Gasteiger partial charge in [0, 0.05) is 25.5 Å². The van der Waals surface area contributed by atoms with Gasteiger partial charge < -0.3 is 9.80 Å². The third-order valence-electron chi connectivity index (χ3n) is 7.53. The summed E-state index contributed by atoms with van der Waals surface area (Å²) in [6, 6.07) is 0. The van der Waals surface area contributed by atoms with E-state index < -0.39 is 0 Å². The predicted octanol–water partition coefficient (Wildman–Crippen LogP) is 10.4. The monoisotopic (exact) mass is 462 g/mol. The summed E-state index contributed by atoms with van der Waals surface area (Å²) in [5, 5.41) is 0. The molecule has 0 saturated heterocycles. The van der Waals surface area contributed by atoms with Gasteiger partial charge in [-0.2, -0.15) is 0 Å². The van der Waals surface area contributed by atoms with E-state index in [9.17, 15) is 0 Å². The van der Waals surface area contributed by atoms with Crippen molar-refractivity contribution >= 4 is 0 Å². The molecule has 0 aromatic carbocycles. The molecule has 0 N–H and O–H groups in total. The lowest BCUT2D eigenvalue weighted by atomic mass is 10.0. The second-order valence-corrected chi connectivity index (χ2v) is 10.8. The molecular formula is C31H62N2. The van der Waals surface area contributed by atoms with Gasteiger partial charge in [-0.05, 0) is 25.7 Å². The second kappa shape index (κ2) is 23.1. The third-order valence-corrected chi connectivity index (χ3v) is 7.53. The van der Waals surface area contributed by atoms with Crippen molar-refractivity contribution in [1.29, 1.82) is 0 Å². The standard InChI is InChI=1S/C31H62N2/c1-4-7-9-11-13-14-15-16-17-18-19-20-21-22-24-26-31-32(27-6-3)29-30-33(31)28-25-23-12-10-8-5-2/h29-31H,4-28H2,1-3H3. The van der Waals surface area contributed by atoms with Gasteiger partial charge in [-0.1, -0.05) is 143 Å². The lowest BCUT2D eigenvalue weighted by molar-refractivity contribution is 0.137. The molecule has 1 aliphatic rings. The second-order valence-electron chi connectivity index (χ2n) is 10.8. The third kappa shape index (κ3) is 16.6. The first kappa shape index (κ1) is 30.4. The van der Waals surface area contributed by atoms with Crippen LogP contribution in [-0.2, 0) is 0 Å². The van der Waals surface area contributed by atoms with Crippen LogP contribution in [-0.4, -0.2) is 29.1 Å². The highest BCUT2D eigenvalue weighted by molar-refractivity contribution is 4.96. The number of hydrogen-bond donors (Lipinski definition) is 0. The fraction of sp³-hybridized carbons (Fsp3) is 0.935. The molecule has 1 aliphatic heterocycles. The Morgan fingerprint density at radius 1 is 0.394 bits per heavy atom. The first-order chi connectivity index (χ1) is 16.3. The topological polar surface area (TPSA) is 6.48 Å². The molecule has 1 rings (SSSR count). The maximum atomic E-state index is 2.65. The summed E-state index contributed by atoms with van der Waals surface area (Å²) in [4.78, 5) is 5.26. The van der Waals surface area contributed by atoms with Crippen molar-refractivity contribution in [1.82, 2.24) is 9.80 Å². The first-order valence-corrected chi connectivity index (χ1v) is 15.5. The quantitative estimate of drug-likeness (QED) is 0.124. The van der Waals surface area contributed by atoms with E-state index in [2.05, 4.69) is 43.0 Å². The summed E-state index contributed by atoms with van der Waals surface area (Å²) in [6.07, 6.45) is 38.2. The van der Waals surface area contributed by atoms with Gasteiger partial charge in [0.2, 0.25) is 0 Å². The molecule has 0 saturated carbocycles. The highest BCUT2D eigenvalue weighted by Crippen LogP contribution is 2.23. The maximum absolute atomic E-state index is 2.65. The molecule has 0 fully saturated rings. The summed E-state index contributed by atoms with van der Waals surface area (Å²) in [5.41, 5.74) is 0. The van der Waals surface area contributed by atoms with Gasteiger partial charge in [0.15, 0.2) is 0 Å². The van der Waals surface area contributed by atoms with E-state index in [1.54, 1.807) is 0 Å². The van der Waals surface area contributed by atoms with Gasteiger partial charge in [0.1, 0.15) is 6.17 Å². The van der Waals surface area contributed by atoms with Gasteiger partial charge in [-0.15, -0.1) is 0 Å². The van der Waals surface area contributed by atoms with Crippen molar-refractivity contribution in [2.45, 2.75) is 175 Å². The number of rotatable bonds is 25. The smallest absolute Gasteiger partial charge is 0.101 e. The van der Waals surface area contributed by atoms with Gasteiger partial charge in [-0.25, -0.2) is 0 Å². The van der Waals surface area contributed by atoms with Crippen molar-refractivity contribution in [2.24, 2.45) is 0 Å². The minimum atomic E-state index is 0.641. The molecule has 1 heterocycles. The molecule has 0 amide bonds. The Kier molecular flexibility index (Phi) is 21.3. The van der Waals surface area contributed by atoms with Gasteiger partial charge in [0.25, 0.3) is 0 Å². The molecule has 2 nitrogen and oxygen atoms in total. The number of hydrogen-bond acceptors (Lipinski definition) is 2. The summed E-state index contributed by atoms with van der Waals surface area (Å²) < 4.78 is 0. The van der Waals surface area contributed by atoms with Gasteiger partial charge >= 0.3 is 0 Å². The van der Waals surface area contributed by atoms with Crippen molar-refractivity contribution in [3.63, 3.8) is 0 Å². The zero-order valence-corrected chi connectivity index (χ0v) is 23.3. The van der Waals surface area contributed by atoms with Crippen LogP contribution in [0, 0.1) is 0 Å². The summed E-state index contributed by atoms with van der Waals surface area (Å²) in [7, 11) is 0. The molecule has 1 atom stereocenters. The Labute approximate surface area is 210 Å². The van der Waals surface area contributed by atoms with Crippen LogP contribution in [0.3, 0.4) is 0 Å². The molecule has 0 aromatic rings. The van der Waals surface area contributed by atoms with Crippen molar-refractivity contribution in [3.05, 3.63) is 12.4 Å². The predicted molar refractivity (Wildman–Crippen MR) is 150 cm³/mol. The average molecular weight is 463 g/mol. The van der Waals surface area contributed by atoms with Gasteiger partial charge in [-0.3, -0.25) is 0 Å². The molecule has 0 aromatic heterocycles. The summed E-state index contributed by atoms with van der Waals surface area (Å²) >= 11 is 0. The molecule has 1 unspecified atom stereocenters. The molecule has 0 spiro atoms. The molecule has 196 valence electrons. The van der Waals surface area contributed by atoms with Crippen molar-refractivity contribution in [2.75, 3.05) is 13.1 Å². The molecule has 0 radical (unpaired) electrons. The van der Waals surface area contributed by atoms with Crippen LogP contribution in [0.1, 0.15) is 168 Å². The lowest BCUT2D eigenvalue weighted by Gasteiger charge is -2.33. The van der Waals surface area contributed by atoms with E-state index >= 15 is 0 Å². The average Bonchev–Trinajstić information content (AvgIpc) is 3.20. The highest BCUT2D eigenvalue weighted by Gasteiger charge is 2.24. The van der Waals surface area contributed by atoms with Crippen LogP contribution < -0.4 is 0 Å². The zero-order valence-electron chi connectivity index (χ0n) is 23.3. The van der Waals surface area contributed by atoms with Crippen molar-refractivity contribution < 1.29 is 0 Å². The zero-order chi connectivity index (χ0) is 23.8. The van der Waals surface area contributed by atoms with Crippen LogP contribution in [0.4, 0.5) is 0 Å². The minimum Gasteiger partial charge on any atom is -0.356 e. The molecule has 0 aliphatic carbocycles. The summed E-state index contributed by atoms with van der Waals surface area (Å²) in [6.45, 7) is 9.40. The normalized spacial score (nSPS) is 15.8. The van der Waals surface area contributed by atoms with E-state index in [1.165, 1.54) is 161 Å². The van der Waals surface area contributed by atoms with E-state index in [4.69, 9.17) is 0 Å². The Hall–Kier alpha value is -0.660. The number of unbranched alkanes of at least 4 members (excludes halogenated alkanes) is 19. The van der Waals surface area contributed by atoms with Crippen LogP contribution in [0.2, 0.25) is 0 Å². The highest BCUT2D eigenvalue weighted by atomic mass is 15.4. The van der Waals surface area contributed by atoms with E-state index in [0.717, 1.165) is 0 Å². The Bertz CT molecular complexity index is 419. The van der Waals surface area contributed by atoms with E-state index in [0.29, 0.717) is 6.17 Å². The Morgan fingerprint density at radius 3 is 1.18 bits per heavy atom.